The van der Waals surface area contributed by atoms with Gasteiger partial charge in [0, 0.05) is 18.0 Å². The molecule has 0 spiro atoms. The Morgan fingerprint density at radius 2 is 2.00 bits per heavy atom. The molecule has 0 saturated heterocycles. The van der Waals surface area contributed by atoms with Crippen molar-refractivity contribution in [1.82, 2.24) is 0 Å². The summed E-state index contributed by atoms with van der Waals surface area (Å²) in [7, 11) is 0. The topological polar surface area (TPSA) is 12.4 Å². The Morgan fingerprint density at radius 1 is 1.33 bits per heavy atom. The van der Waals surface area contributed by atoms with E-state index in [2.05, 4.69) is 38.1 Å². The van der Waals surface area contributed by atoms with Crippen molar-refractivity contribution in [3.05, 3.63) is 12.2 Å². The zero-order valence-corrected chi connectivity index (χ0v) is 9.27. The summed E-state index contributed by atoms with van der Waals surface area (Å²) >= 11 is 1.82. The van der Waals surface area contributed by atoms with E-state index in [-0.39, 0.29) is 0 Å². The molecule has 0 aliphatic rings. The summed E-state index contributed by atoms with van der Waals surface area (Å²) in [6, 6.07) is 0.434. The lowest BCUT2D eigenvalue weighted by molar-refractivity contribution is 0.533. The van der Waals surface area contributed by atoms with Crippen LogP contribution in [-0.4, -0.2) is 24.3 Å². The molecule has 12 heavy (non-hydrogen) atoms. The molecule has 1 nitrogen and oxygen atoms in total. The normalized spacial score (nSPS) is 15.1. The zero-order chi connectivity index (χ0) is 9.40. The van der Waals surface area contributed by atoms with Gasteiger partial charge in [-0.25, -0.2) is 0 Å². The molecule has 70 valence electrons. The molecule has 0 aliphatic carbocycles. The molecule has 0 radical (unpaired) electrons. The fraction of sp³-hybridized carbons (Fsp3) is 0.700. The number of allylic oxidation sites excluding steroid dienone is 1. The van der Waals surface area contributed by atoms with Crippen LogP contribution in [0.5, 0.6) is 0 Å². The van der Waals surface area contributed by atoms with E-state index in [0.29, 0.717) is 12.0 Å². The van der Waals surface area contributed by atoms with Crippen molar-refractivity contribution in [2.24, 2.45) is 10.9 Å². The Bertz CT molecular complexity index is 150. The quantitative estimate of drug-likeness (QED) is 0.600. The van der Waals surface area contributed by atoms with Crippen LogP contribution >= 0.6 is 11.8 Å². The summed E-state index contributed by atoms with van der Waals surface area (Å²) in [4.78, 5) is 4.37. The second-order valence-corrected chi connectivity index (χ2v) is 4.08. The summed E-state index contributed by atoms with van der Waals surface area (Å²) in [5.41, 5.74) is 0. The Kier molecular flexibility index (Phi) is 7.26. The minimum Gasteiger partial charge on any atom is -0.290 e. The van der Waals surface area contributed by atoms with E-state index in [1.165, 1.54) is 0 Å². The first-order valence-corrected chi connectivity index (χ1v) is 5.75. The number of rotatable bonds is 5. The minimum absolute atomic E-state index is 0.434. The first kappa shape index (κ1) is 11.8. The molecular weight excluding hydrogens is 166 g/mol. The predicted molar refractivity (Wildman–Crippen MR) is 60.3 cm³/mol. The fourth-order valence-corrected chi connectivity index (χ4v) is 0.874. The maximum Gasteiger partial charge on any atom is 0.0494 e. The molecule has 0 fully saturated rings. The van der Waals surface area contributed by atoms with Gasteiger partial charge in [0.15, 0.2) is 0 Å². The Labute approximate surface area is 80.4 Å². The molecule has 0 aromatic carbocycles. The van der Waals surface area contributed by atoms with Crippen LogP contribution in [0.2, 0.25) is 0 Å². The Hall–Kier alpha value is -0.240. The summed E-state index contributed by atoms with van der Waals surface area (Å²) in [6.07, 6.45) is 8.15. The maximum absolute atomic E-state index is 4.37. The number of thioether (sulfide) groups is 1. The van der Waals surface area contributed by atoms with Crippen LogP contribution < -0.4 is 0 Å². The molecule has 0 aromatic heterocycles. The van der Waals surface area contributed by atoms with E-state index < -0.39 is 0 Å². The van der Waals surface area contributed by atoms with Crippen molar-refractivity contribution in [3.8, 4) is 0 Å². The van der Waals surface area contributed by atoms with Crippen LogP contribution in [0.4, 0.5) is 0 Å². The molecule has 0 heterocycles. The lowest BCUT2D eigenvalue weighted by Crippen LogP contribution is -2.06. The number of hydrogen-bond donors (Lipinski definition) is 0. The van der Waals surface area contributed by atoms with Gasteiger partial charge in [-0.3, -0.25) is 4.99 Å². The van der Waals surface area contributed by atoms with Crippen LogP contribution in [0.3, 0.4) is 0 Å². The van der Waals surface area contributed by atoms with E-state index in [9.17, 15) is 0 Å². The van der Waals surface area contributed by atoms with Crippen LogP contribution in [-0.2, 0) is 0 Å². The van der Waals surface area contributed by atoms with Crippen molar-refractivity contribution in [1.29, 1.82) is 0 Å². The molecular formula is C10H19NS. The van der Waals surface area contributed by atoms with Gasteiger partial charge in [-0.2, -0.15) is 11.8 Å². The SMILES string of the molecule is CSC/C=C\C=N/C(C)C(C)C. The second-order valence-electron chi connectivity index (χ2n) is 3.17. The van der Waals surface area contributed by atoms with E-state index in [0.717, 1.165) is 5.75 Å². The molecule has 0 aliphatic heterocycles. The lowest BCUT2D eigenvalue weighted by Gasteiger charge is -2.08. The van der Waals surface area contributed by atoms with Gasteiger partial charge in [-0.1, -0.05) is 19.9 Å². The Morgan fingerprint density at radius 3 is 2.50 bits per heavy atom. The van der Waals surface area contributed by atoms with Gasteiger partial charge in [-0.15, -0.1) is 0 Å². The summed E-state index contributed by atoms with van der Waals surface area (Å²) < 4.78 is 0. The highest BCUT2D eigenvalue weighted by molar-refractivity contribution is 7.98. The van der Waals surface area contributed by atoms with Gasteiger partial charge in [0.2, 0.25) is 0 Å². The van der Waals surface area contributed by atoms with Gasteiger partial charge in [-0.05, 0) is 25.2 Å². The first-order valence-electron chi connectivity index (χ1n) is 4.35. The highest BCUT2D eigenvalue weighted by Crippen LogP contribution is 2.03. The van der Waals surface area contributed by atoms with Crippen molar-refractivity contribution in [3.63, 3.8) is 0 Å². The molecule has 0 aromatic rings. The van der Waals surface area contributed by atoms with Crippen LogP contribution in [0.1, 0.15) is 20.8 Å². The summed E-state index contributed by atoms with van der Waals surface area (Å²) in [6.45, 7) is 6.52. The van der Waals surface area contributed by atoms with Crippen molar-refractivity contribution in [2.75, 3.05) is 12.0 Å². The molecule has 0 saturated carbocycles. The Balaban J connectivity index is 3.60. The van der Waals surface area contributed by atoms with Crippen LogP contribution in [0.25, 0.3) is 0 Å². The van der Waals surface area contributed by atoms with Crippen molar-refractivity contribution < 1.29 is 0 Å². The molecule has 1 atom stereocenters. The van der Waals surface area contributed by atoms with Crippen LogP contribution in [0, 0.1) is 5.92 Å². The summed E-state index contributed by atoms with van der Waals surface area (Å²) in [5.74, 6) is 1.71. The third kappa shape index (κ3) is 6.47. The van der Waals surface area contributed by atoms with E-state index >= 15 is 0 Å². The second kappa shape index (κ2) is 7.41. The average molecular weight is 185 g/mol. The molecule has 0 amide bonds. The number of aliphatic imine (C=N–C) groups is 1. The standard InChI is InChI=1S/C10H19NS/c1-9(2)10(3)11-7-5-6-8-12-4/h5-7,9-10H,8H2,1-4H3/b6-5-,11-7-. The van der Waals surface area contributed by atoms with Gasteiger partial charge in [0.25, 0.3) is 0 Å². The van der Waals surface area contributed by atoms with Gasteiger partial charge < -0.3 is 0 Å². The lowest BCUT2D eigenvalue weighted by atomic mass is 10.1. The molecule has 1 unspecified atom stereocenters. The van der Waals surface area contributed by atoms with Crippen LogP contribution in [0.15, 0.2) is 17.1 Å². The maximum atomic E-state index is 4.37. The third-order valence-corrected chi connectivity index (χ3v) is 2.30. The number of nitrogens with zero attached hydrogens (tertiary/aromatic N) is 1. The highest BCUT2D eigenvalue weighted by Gasteiger charge is 2.01. The van der Waals surface area contributed by atoms with E-state index in [4.69, 9.17) is 0 Å². The third-order valence-electron chi connectivity index (χ3n) is 1.77. The molecule has 2 heteroatoms. The van der Waals surface area contributed by atoms with Gasteiger partial charge in [0.1, 0.15) is 0 Å². The average Bonchev–Trinajstić information content (AvgIpc) is 2.03. The van der Waals surface area contributed by atoms with Gasteiger partial charge in [0.05, 0.1) is 0 Å². The summed E-state index contributed by atoms with van der Waals surface area (Å²) in [5, 5.41) is 0. The number of hydrogen-bond acceptors (Lipinski definition) is 2. The molecule has 0 N–H and O–H groups in total. The largest absolute Gasteiger partial charge is 0.290 e. The first-order chi connectivity index (χ1) is 5.68. The van der Waals surface area contributed by atoms with E-state index in [1.54, 1.807) is 0 Å². The van der Waals surface area contributed by atoms with Crippen molar-refractivity contribution in [2.45, 2.75) is 26.8 Å². The van der Waals surface area contributed by atoms with Gasteiger partial charge >= 0.3 is 0 Å². The highest BCUT2D eigenvalue weighted by atomic mass is 32.2. The molecule has 0 bridgehead atoms. The van der Waals surface area contributed by atoms with E-state index in [1.807, 2.05) is 24.1 Å². The monoisotopic (exact) mass is 185 g/mol. The minimum atomic E-state index is 0.434. The predicted octanol–water partition coefficient (Wildman–Crippen LogP) is 3.02. The zero-order valence-electron chi connectivity index (χ0n) is 8.45. The smallest absolute Gasteiger partial charge is 0.0494 e. The van der Waals surface area contributed by atoms with Crippen molar-refractivity contribution >= 4 is 18.0 Å². The fourth-order valence-electron chi connectivity index (χ4n) is 0.570. The molecule has 0 rings (SSSR count).